The summed E-state index contributed by atoms with van der Waals surface area (Å²) >= 11 is 15.7. The molecule has 186 valence electrons. The number of rotatable bonds is 10. The van der Waals surface area contributed by atoms with Gasteiger partial charge in [0.2, 0.25) is 21.8 Å². The van der Waals surface area contributed by atoms with Crippen molar-refractivity contribution in [2.75, 3.05) is 17.1 Å². The van der Waals surface area contributed by atoms with Crippen LogP contribution in [0.1, 0.15) is 32.8 Å². The first-order chi connectivity index (χ1) is 15.8. The number of carbonyl (C=O) groups is 2. The molecule has 0 radical (unpaired) electrons. The third-order valence-electron chi connectivity index (χ3n) is 5.27. The van der Waals surface area contributed by atoms with Crippen LogP contribution >= 0.6 is 39.1 Å². The van der Waals surface area contributed by atoms with E-state index < -0.39 is 28.5 Å². The molecule has 0 fully saturated rings. The van der Waals surface area contributed by atoms with Crippen LogP contribution in [0.25, 0.3) is 0 Å². The van der Waals surface area contributed by atoms with E-state index in [1.54, 1.807) is 6.92 Å². The van der Waals surface area contributed by atoms with Gasteiger partial charge in [-0.15, -0.1) is 0 Å². The van der Waals surface area contributed by atoms with Crippen LogP contribution in [0.2, 0.25) is 10.0 Å². The molecule has 11 heteroatoms. The molecular weight excluding hydrogens is 565 g/mol. The molecule has 0 aliphatic carbocycles. The molecule has 0 saturated heterocycles. The predicted molar refractivity (Wildman–Crippen MR) is 141 cm³/mol. The Hall–Kier alpha value is -1.81. The zero-order valence-corrected chi connectivity index (χ0v) is 23.3. The number of halogens is 3. The highest BCUT2D eigenvalue weighted by Crippen LogP contribution is 2.31. The molecule has 0 unspecified atom stereocenters. The number of nitrogens with zero attached hydrogens (tertiary/aromatic N) is 2. The average molecular weight is 593 g/mol. The van der Waals surface area contributed by atoms with Gasteiger partial charge in [-0.2, -0.15) is 0 Å². The monoisotopic (exact) mass is 591 g/mol. The van der Waals surface area contributed by atoms with E-state index in [0.717, 1.165) is 27.0 Å². The topological polar surface area (TPSA) is 86.8 Å². The van der Waals surface area contributed by atoms with Crippen molar-refractivity contribution in [1.82, 2.24) is 10.2 Å². The van der Waals surface area contributed by atoms with Crippen LogP contribution in [0.15, 0.2) is 46.9 Å². The highest BCUT2D eigenvalue weighted by Gasteiger charge is 2.31. The van der Waals surface area contributed by atoms with Gasteiger partial charge < -0.3 is 10.2 Å². The second kappa shape index (κ2) is 12.2. The lowest BCUT2D eigenvalue weighted by molar-refractivity contribution is -0.139. The van der Waals surface area contributed by atoms with Crippen LogP contribution in [-0.4, -0.2) is 50.0 Å². The minimum atomic E-state index is -3.90. The summed E-state index contributed by atoms with van der Waals surface area (Å²) in [4.78, 5) is 27.8. The van der Waals surface area contributed by atoms with Gasteiger partial charge in [-0.05, 0) is 56.2 Å². The number of anilines is 1. The van der Waals surface area contributed by atoms with Crippen molar-refractivity contribution in [3.8, 4) is 0 Å². The lowest BCUT2D eigenvalue weighted by atomic mass is 10.1. The fourth-order valence-electron chi connectivity index (χ4n) is 3.15. The van der Waals surface area contributed by atoms with E-state index in [-0.39, 0.29) is 34.2 Å². The maximum absolute atomic E-state index is 13.5. The van der Waals surface area contributed by atoms with E-state index in [1.807, 2.05) is 38.1 Å². The minimum Gasteiger partial charge on any atom is -0.352 e. The zero-order valence-electron chi connectivity index (χ0n) is 19.4. The molecule has 1 N–H and O–H groups in total. The summed E-state index contributed by atoms with van der Waals surface area (Å²) in [6.45, 7) is 4.99. The van der Waals surface area contributed by atoms with Crippen LogP contribution in [0.3, 0.4) is 0 Å². The predicted octanol–water partition coefficient (Wildman–Crippen LogP) is 4.85. The standard InChI is InChI=1S/C23H28BrCl2N3O4S/c1-5-15(2)27-23(31)16(3)28(13-17-7-6-8-18(24)11-17)22(30)14-29(34(4,32)33)21-12-19(25)9-10-20(21)26/h6-12,15-16H,5,13-14H2,1-4H3,(H,27,31)/t15-,16-/m0/s1. The molecule has 0 bridgehead atoms. The maximum atomic E-state index is 13.5. The second-order valence-electron chi connectivity index (χ2n) is 8.01. The number of sulfonamides is 1. The third kappa shape index (κ3) is 7.86. The van der Waals surface area contributed by atoms with Gasteiger partial charge in [-0.1, -0.05) is 58.2 Å². The van der Waals surface area contributed by atoms with Gasteiger partial charge in [-0.25, -0.2) is 8.42 Å². The Labute approximate surface area is 219 Å². The van der Waals surface area contributed by atoms with Crippen molar-refractivity contribution in [1.29, 1.82) is 0 Å². The summed E-state index contributed by atoms with van der Waals surface area (Å²) in [5, 5.41) is 3.28. The van der Waals surface area contributed by atoms with Crippen molar-refractivity contribution in [2.24, 2.45) is 0 Å². The number of carbonyl (C=O) groups excluding carboxylic acids is 2. The van der Waals surface area contributed by atoms with Gasteiger partial charge in [0.05, 0.1) is 17.0 Å². The molecule has 0 aromatic heterocycles. The summed E-state index contributed by atoms with van der Waals surface area (Å²) in [6, 6.07) is 10.8. The normalized spacial score (nSPS) is 13.1. The van der Waals surface area contributed by atoms with Crippen molar-refractivity contribution in [3.05, 3.63) is 62.5 Å². The quantitative estimate of drug-likeness (QED) is 0.427. The Morgan fingerprint density at radius 1 is 1.12 bits per heavy atom. The Bertz CT molecular complexity index is 1150. The van der Waals surface area contributed by atoms with Gasteiger partial charge in [0.25, 0.3) is 0 Å². The van der Waals surface area contributed by atoms with Gasteiger partial charge >= 0.3 is 0 Å². The summed E-state index contributed by atoms with van der Waals surface area (Å²) < 4.78 is 26.9. The van der Waals surface area contributed by atoms with Crippen molar-refractivity contribution in [2.45, 2.75) is 45.8 Å². The number of hydrogen-bond donors (Lipinski definition) is 1. The number of amides is 2. The zero-order chi connectivity index (χ0) is 25.6. The first-order valence-electron chi connectivity index (χ1n) is 10.6. The molecule has 2 amide bonds. The highest BCUT2D eigenvalue weighted by atomic mass is 79.9. The number of hydrogen-bond acceptors (Lipinski definition) is 4. The van der Waals surface area contributed by atoms with Crippen LogP contribution in [0.4, 0.5) is 5.69 Å². The van der Waals surface area contributed by atoms with E-state index in [0.29, 0.717) is 0 Å². The molecule has 0 aliphatic heterocycles. The first-order valence-corrected chi connectivity index (χ1v) is 14.0. The lowest BCUT2D eigenvalue weighted by Gasteiger charge is -2.32. The molecule has 2 aromatic carbocycles. The van der Waals surface area contributed by atoms with E-state index in [2.05, 4.69) is 21.2 Å². The summed E-state index contributed by atoms with van der Waals surface area (Å²) in [6.07, 6.45) is 1.71. The van der Waals surface area contributed by atoms with Crippen molar-refractivity contribution < 1.29 is 18.0 Å². The van der Waals surface area contributed by atoms with Gasteiger partial charge in [-0.3, -0.25) is 13.9 Å². The minimum absolute atomic E-state index is 0.0736. The molecule has 0 aliphatic rings. The van der Waals surface area contributed by atoms with Crippen molar-refractivity contribution in [3.63, 3.8) is 0 Å². The first kappa shape index (κ1) is 28.4. The molecule has 0 spiro atoms. The summed E-state index contributed by atoms with van der Waals surface area (Å²) in [5.74, 6) is -0.891. The lowest BCUT2D eigenvalue weighted by Crippen LogP contribution is -2.52. The number of nitrogens with one attached hydrogen (secondary N) is 1. The summed E-state index contributed by atoms with van der Waals surface area (Å²) in [5.41, 5.74) is 0.863. The molecule has 0 saturated carbocycles. The Morgan fingerprint density at radius 3 is 2.38 bits per heavy atom. The average Bonchev–Trinajstić information content (AvgIpc) is 2.76. The molecule has 2 rings (SSSR count). The van der Waals surface area contributed by atoms with Crippen LogP contribution < -0.4 is 9.62 Å². The van der Waals surface area contributed by atoms with Gasteiger partial charge in [0, 0.05) is 22.1 Å². The fraction of sp³-hybridized carbons (Fsp3) is 0.391. The van der Waals surface area contributed by atoms with Gasteiger partial charge in [0.1, 0.15) is 12.6 Å². The van der Waals surface area contributed by atoms with Crippen LogP contribution in [-0.2, 0) is 26.2 Å². The maximum Gasteiger partial charge on any atom is 0.244 e. The van der Waals surface area contributed by atoms with Crippen LogP contribution in [0, 0.1) is 0 Å². The molecule has 2 aromatic rings. The summed E-state index contributed by atoms with van der Waals surface area (Å²) in [7, 11) is -3.90. The van der Waals surface area contributed by atoms with Gasteiger partial charge in [0.15, 0.2) is 0 Å². The van der Waals surface area contributed by atoms with E-state index >= 15 is 0 Å². The van der Waals surface area contributed by atoms with E-state index in [4.69, 9.17) is 23.2 Å². The Morgan fingerprint density at radius 2 is 1.79 bits per heavy atom. The third-order valence-corrected chi connectivity index (χ3v) is 7.44. The van der Waals surface area contributed by atoms with Crippen LogP contribution in [0.5, 0.6) is 0 Å². The van der Waals surface area contributed by atoms with E-state index in [9.17, 15) is 18.0 Å². The largest absolute Gasteiger partial charge is 0.352 e. The van der Waals surface area contributed by atoms with E-state index in [1.165, 1.54) is 23.1 Å². The Kier molecular flexibility index (Phi) is 10.2. The molecule has 2 atom stereocenters. The fourth-order valence-corrected chi connectivity index (χ4v) is 4.89. The second-order valence-corrected chi connectivity index (χ2v) is 11.7. The molecule has 7 nitrogen and oxygen atoms in total. The van der Waals surface area contributed by atoms with Crippen molar-refractivity contribution >= 4 is 66.7 Å². The Balaban J connectivity index is 2.43. The molecule has 34 heavy (non-hydrogen) atoms. The molecular formula is C23H28BrCl2N3O4S. The smallest absolute Gasteiger partial charge is 0.244 e. The molecule has 0 heterocycles. The SMILES string of the molecule is CC[C@H](C)NC(=O)[C@H](C)N(Cc1cccc(Br)c1)C(=O)CN(c1cc(Cl)ccc1Cl)S(C)(=O)=O. The number of benzene rings is 2. The highest BCUT2D eigenvalue weighted by molar-refractivity contribution is 9.10.